The molecule has 0 bridgehead atoms. The summed E-state index contributed by atoms with van der Waals surface area (Å²) in [5.74, 6) is 0.733. The summed E-state index contributed by atoms with van der Waals surface area (Å²) >= 11 is 0. The molecule has 4 atom stereocenters. The number of hydrogen-bond donors (Lipinski definition) is 3. The Balaban J connectivity index is 1.59. The van der Waals surface area contributed by atoms with E-state index in [9.17, 15) is 15.0 Å². The number of aromatic nitrogens is 1. The third-order valence-corrected chi connectivity index (χ3v) is 8.01. The molecule has 0 aliphatic heterocycles. The highest BCUT2D eigenvalue weighted by Crippen LogP contribution is 2.59. The fourth-order valence-electron chi connectivity index (χ4n) is 6.14. The minimum Gasteiger partial charge on any atom is -0.410 e. The molecule has 0 spiro atoms. The Labute approximate surface area is 202 Å². The molecule has 1 heterocycles. The number of aryl methyl sites for hydroxylation is 1. The number of likely N-dealkylation sites (N-methyl/N-ethyl adjacent to an activating group) is 1. The fourth-order valence-corrected chi connectivity index (χ4v) is 6.14. The van der Waals surface area contributed by atoms with E-state index in [4.69, 9.17) is 4.74 Å². The number of ether oxygens (including phenoxy) is 1. The van der Waals surface area contributed by atoms with Crippen LogP contribution in [0.15, 0.2) is 42.6 Å². The Kier molecular flexibility index (Phi) is 6.73. The monoisotopic (exact) mass is 467 g/mol. The van der Waals surface area contributed by atoms with Gasteiger partial charge in [0.1, 0.15) is 11.4 Å². The molecule has 1 aromatic carbocycles. The molecule has 7 heteroatoms. The van der Waals surface area contributed by atoms with Crippen LogP contribution in [0.4, 0.5) is 4.79 Å². The first-order valence-corrected chi connectivity index (χ1v) is 12.2. The molecular weight excluding hydrogens is 430 g/mol. The van der Waals surface area contributed by atoms with Crippen molar-refractivity contribution in [1.82, 2.24) is 15.2 Å². The zero-order valence-electron chi connectivity index (χ0n) is 20.7. The van der Waals surface area contributed by atoms with Crippen LogP contribution in [0.25, 0.3) is 0 Å². The van der Waals surface area contributed by atoms with Gasteiger partial charge < -0.3 is 25.2 Å². The normalized spacial score (nSPS) is 30.4. The van der Waals surface area contributed by atoms with Gasteiger partial charge in [0.15, 0.2) is 0 Å². The number of carbonyl (C=O) groups excluding carboxylic acids is 1. The quantitative estimate of drug-likeness (QED) is 0.603. The Hall–Kier alpha value is -2.48. The summed E-state index contributed by atoms with van der Waals surface area (Å²) < 4.78 is 5.53. The van der Waals surface area contributed by atoms with Gasteiger partial charge in [0.2, 0.25) is 0 Å². The SMILES string of the molecule is CCC12CC(C)(O)C(O)(c3ccccn3)C[C@H]1CCc1cc(OC(=O)NCCN(C)C)ccc12. The molecule has 4 rings (SSSR count). The lowest BCUT2D eigenvalue weighted by molar-refractivity contribution is -0.207. The maximum Gasteiger partial charge on any atom is 0.412 e. The van der Waals surface area contributed by atoms with Crippen LogP contribution in [0.1, 0.15) is 56.4 Å². The third kappa shape index (κ3) is 4.32. The number of benzene rings is 1. The van der Waals surface area contributed by atoms with Crippen molar-refractivity contribution in [1.29, 1.82) is 0 Å². The van der Waals surface area contributed by atoms with E-state index >= 15 is 0 Å². The van der Waals surface area contributed by atoms with Crippen molar-refractivity contribution < 1.29 is 19.7 Å². The van der Waals surface area contributed by atoms with E-state index in [0.717, 1.165) is 31.4 Å². The molecule has 2 aliphatic carbocycles. The molecule has 184 valence electrons. The fraction of sp³-hybridized carbons (Fsp3) is 0.556. The summed E-state index contributed by atoms with van der Waals surface area (Å²) in [5, 5.41) is 26.1. The van der Waals surface area contributed by atoms with Gasteiger partial charge in [-0.05, 0) is 94.4 Å². The molecule has 1 fully saturated rings. The number of hydrogen-bond acceptors (Lipinski definition) is 6. The van der Waals surface area contributed by atoms with Gasteiger partial charge in [-0.15, -0.1) is 0 Å². The summed E-state index contributed by atoms with van der Waals surface area (Å²) in [6.45, 7) is 5.15. The van der Waals surface area contributed by atoms with Crippen molar-refractivity contribution in [3.8, 4) is 5.75 Å². The standard InChI is InChI=1S/C27H37N3O4/c1-5-26-18-25(2,32)27(33,23-8-6-7-13-28-23)17-20(26)10-9-19-16-21(11-12-22(19)26)34-24(31)29-14-15-30(3)4/h6-8,11-13,16,20,32-33H,5,9-10,14-15,17-18H2,1-4H3,(H,29,31)/t20-,25?,26?,27?/m1/s1. The Morgan fingerprint density at radius 2 is 2.06 bits per heavy atom. The van der Waals surface area contributed by atoms with Crippen LogP contribution in [-0.2, 0) is 17.4 Å². The lowest BCUT2D eigenvalue weighted by Crippen LogP contribution is -2.62. The van der Waals surface area contributed by atoms with Gasteiger partial charge in [0.25, 0.3) is 0 Å². The van der Waals surface area contributed by atoms with Crippen LogP contribution in [0.2, 0.25) is 0 Å². The van der Waals surface area contributed by atoms with Crippen molar-refractivity contribution in [3.63, 3.8) is 0 Å². The van der Waals surface area contributed by atoms with Gasteiger partial charge in [-0.3, -0.25) is 4.98 Å². The molecule has 3 unspecified atom stereocenters. The average molecular weight is 468 g/mol. The smallest absolute Gasteiger partial charge is 0.410 e. The Bertz CT molecular complexity index is 1030. The highest BCUT2D eigenvalue weighted by Gasteiger charge is 2.61. The minimum atomic E-state index is -1.40. The Morgan fingerprint density at radius 1 is 1.26 bits per heavy atom. The highest BCUT2D eigenvalue weighted by molar-refractivity contribution is 5.70. The number of aliphatic hydroxyl groups is 2. The van der Waals surface area contributed by atoms with Gasteiger partial charge in [-0.1, -0.05) is 19.1 Å². The molecule has 3 N–H and O–H groups in total. The summed E-state index contributed by atoms with van der Waals surface area (Å²) in [6.07, 6.45) is 4.68. The lowest BCUT2D eigenvalue weighted by Gasteiger charge is -2.58. The van der Waals surface area contributed by atoms with Crippen LogP contribution in [0.5, 0.6) is 5.75 Å². The minimum absolute atomic E-state index is 0.207. The van der Waals surface area contributed by atoms with Crippen LogP contribution in [-0.4, -0.2) is 59.0 Å². The zero-order valence-corrected chi connectivity index (χ0v) is 20.7. The molecule has 0 saturated heterocycles. The number of nitrogens with one attached hydrogen (secondary N) is 1. The molecular formula is C27H37N3O4. The highest BCUT2D eigenvalue weighted by atomic mass is 16.6. The van der Waals surface area contributed by atoms with E-state index in [-0.39, 0.29) is 11.3 Å². The maximum absolute atomic E-state index is 12.2. The van der Waals surface area contributed by atoms with E-state index in [0.29, 0.717) is 30.8 Å². The summed E-state index contributed by atoms with van der Waals surface area (Å²) in [4.78, 5) is 18.6. The van der Waals surface area contributed by atoms with E-state index < -0.39 is 17.3 Å². The van der Waals surface area contributed by atoms with Gasteiger partial charge in [0, 0.05) is 24.7 Å². The predicted octanol–water partition coefficient (Wildman–Crippen LogP) is 3.37. The first kappa shape index (κ1) is 24.6. The summed E-state index contributed by atoms with van der Waals surface area (Å²) in [5.41, 5.74) is -0.137. The number of amides is 1. The molecule has 34 heavy (non-hydrogen) atoms. The van der Waals surface area contributed by atoms with Gasteiger partial charge in [-0.2, -0.15) is 0 Å². The average Bonchev–Trinajstić information content (AvgIpc) is 2.80. The molecule has 2 aliphatic rings. The summed E-state index contributed by atoms with van der Waals surface area (Å²) in [7, 11) is 3.90. The Morgan fingerprint density at radius 3 is 2.74 bits per heavy atom. The third-order valence-electron chi connectivity index (χ3n) is 8.01. The van der Waals surface area contributed by atoms with Crippen molar-refractivity contribution >= 4 is 6.09 Å². The topological polar surface area (TPSA) is 94.9 Å². The molecule has 1 aromatic heterocycles. The van der Waals surface area contributed by atoms with Crippen molar-refractivity contribution in [2.24, 2.45) is 5.92 Å². The van der Waals surface area contributed by atoms with Gasteiger partial charge >= 0.3 is 6.09 Å². The van der Waals surface area contributed by atoms with Crippen molar-refractivity contribution in [3.05, 3.63) is 59.4 Å². The largest absolute Gasteiger partial charge is 0.412 e. The first-order valence-electron chi connectivity index (χ1n) is 12.2. The second-order valence-corrected chi connectivity index (χ2v) is 10.4. The predicted molar refractivity (Wildman–Crippen MR) is 131 cm³/mol. The molecule has 1 amide bonds. The van der Waals surface area contributed by atoms with Crippen LogP contribution in [0.3, 0.4) is 0 Å². The number of rotatable bonds is 6. The van der Waals surface area contributed by atoms with E-state index in [1.165, 1.54) is 5.56 Å². The van der Waals surface area contributed by atoms with Crippen molar-refractivity contribution in [2.45, 2.75) is 62.6 Å². The van der Waals surface area contributed by atoms with Crippen LogP contribution < -0.4 is 10.1 Å². The summed E-state index contributed by atoms with van der Waals surface area (Å²) in [6, 6.07) is 11.3. The number of fused-ring (bicyclic) bond motifs is 3. The number of pyridine rings is 1. The van der Waals surface area contributed by atoms with E-state index in [1.54, 1.807) is 19.2 Å². The number of nitrogens with zero attached hydrogens (tertiary/aromatic N) is 2. The molecule has 0 radical (unpaired) electrons. The number of carbonyl (C=O) groups is 1. The zero-order chi connectivity index (χ0) is 24.6. The van der Waals surface area contributed by atoms with Gasteiger partial charge in [0.05, 0.1) is 11.3 Å². The molecule has 7 nitrogen and oxygen atoms in total. The first-order chi connectivity index (χ1) is 16.1. The second kappa shape index (κ2) is 9.29. The maximum atomic E-state index is 12.2. The van der Waals surface area contributed by atoms with E-state index in [1.807, 2.05) is 43.3 Å². The van der Waals surface area contributed by atoms with Crippen LogP contribution >= 0.6 is 0 Å². The molecule has 2 aromatic rings. The van der Waals surface area contributed by atoms with Crippen LogP contribution in [0, 0.1) is 5.92 Å². The van der Waals surface area contributed by atoms with E-state index in [2.05, 4.69) is 23.3 Å². The van der Waals surface area contributed by atoms with Crippen molar-refractivity contribution in [2.75, 3.05) is 27.2 Å². The molecule has 1 saturated carbocycles. The lowest BCUT2D eigenvalue weighted by atomic mass is 9.49. The second-order valence-electron chi connectivity index (χ2n) is 10.4. The van der Waals surface area contributed by atoms with Gasteiger partial charge in [-0.25, -0.2) is 4.79 Å².